The summed E-state index contributed by atoms with van der Waals surface area (Å²) in [5.41, 5.74) is 0.672. The molecule has 2 rings (SSSR count). The number of carbonyl (C=O) groups is 1. The fraction of sp³-hybridized carbons (Fsp3) is 0. The highest BCUT2D eigenvalue weighted by Gasteiger charge is 2.06. The summed E-state index contributed by atoms with van der Waals surface area (Å²) >= 11 is 0. The molecule has 0 unspecified atom stereocenters. The Labute approximate surface area is 83.9 Å². The Hall–Kier alpha value is -2.44. The van der Waals surface area contributed by atoms with E-state index >= 15 is 0 Å². The average Bonchev–Trinajstić information content (AvgIpc) is 2.67. The van der Waals surface area contributed by atoms with Crippen molar-refractivity contribution in [2.24, 2.45) is 0 Å². The van der Waals surface area contributed by atoms with E-state index in [0.717, 1.165) is 0 Å². The molecule has 2 heterocycles. The quantitative estimate of drug-likeness (QED) is 0.728. The summed E-state index contributed by atoms with van der Waals surface area (Å²) in [4.78, 5) is 14.1. The minimum Gasteiger partial charge on any atom is -0.449 e. The smallest absolute Gasteiger partial charge is 0.449 e. The second-order valence-electron chi connectivity index (χ2n) is 2.58. The molecule has 0 fully saturated rings. The van der Waals surface area contributed by atoms with Gasteiger partial charge in [0.05, 0.1) is 18.1 Å². The molecular formula is C8H6N4O3. The molecule has 0 saturated heterocycles. The van der Waals surface area contributed by atoms with E-state index in [-0.39, 0.29) is 5.88 Å². The summed E-state index contributed by atoms with van der Waals surface area (Å²) < 4.78 is 5.68. The fourth-order valence-electron chi connectivity index (χ4n) is 1.00. The van der Waals surface area contributed by atoms with Gasteiger partial charge in [-0.15, -0.1) is 0 Å². The van der Waals surface area contributed by atoms with Gasteiger partial charge in [0, 0.05) is 6.20 Å². The molecule has 0 spiro atoms. The van der Waals surface area contributed by atoms with Gasteiger partial charge in [-0.1, -0.05) is 10.3 Å². The zero-order valence-corrected chi connectivity index (χ0v) is 7.44. The molecule has 2 aromatic rings. The van der Waals surface area contributed by atoms with Gasteiger partial charge in [-0.05, 0) is 12.1 Å². The van der Waals surface area contributed by atoms with Gasteiger partial charge in [0.1, 0.15) is 0 Å². The molecule has 0 radical (unpaired) electrons. The van der Waals surface area contributed by atoms with Crippen molar-refractivity contribution in [1.82, 2.24) is 20.0 Å². The van der Waals surface area contributed by atoms with E-state index in [1.54, 1.807) is 24.5 Å². The number of hydrogen-bond donors (Lipinski definition) is 1. The Balaban J connectivity index is 2.24. The summed E-state index contributed by atoms with van der Waals surface area (Å²) in [5.74, 6) is -0.0775. The predicted molar refractivity (Wildman–Crippen MR) is 47.8 cm³/mol. The third kappa shape index (κ3) is 2.08. The zero-order valence-electron chi connectivity index (χ0n) is 7.44. The van der Waals surface area contributed by atoms with Crippen LogP contribution in [0.15, 0.2) is 30.7 Å². The number of carboxylic acid groups (broad SMARTS) is 1. The van der Waals surface area contributed by atoms with Crippen LogP contribution >= 0.6 is 0 Å². The van der Waals surface area contributed by atoms with Crippen LogP contribution in [0.3, 0.4) is 0 Å². The highest BCUT2D eigenvalue weighted by molar-refractivity contribution is 5.60. The molecule has 1 N–H and O–H groups in total. The lowest BCUT2D eigenvalue weighted by molar-refractivity contribution is 0.142. The monoisotopic (exact) mass is 206 g/mol. The lowest BCUT2D eigenvalue weighted by Crippen LogP contribution is -2.02. The van der Waals surface area contributed by atoms with Crippen LogP contribution in [0.25, 0.3) is 5.69 Å². The Morgan fingerprint density at radius 2 is 2.40 bits per heavy atom. The summed E-state index contributed by atoms with van der Waals surface area (Å²) in [6.07, 6.45) is 3.12. The molecule has 0 atom stereocenters. The van der Waals surface area contributed by atoms with Gasteiger partial charge in [-0.2, -0.15) is 0 Å². The maximum absolute atomic E-state index is 10.2. The summed E-state index contributed by atoms with van der Waals surface area (Å²) in [6, 6.07) is 3.49. The molecule has 0 amide bonds. The number of pyridine rings is 1. The Bertz CT molecular complexity index is 468. The molecule has 0 aliphatic carbocycles. The minimum atomic E-state index is -1.42. The molecule has 0 aromatic carbocycles. The fourth-order valence-corrected chi connectivity index (χ4v) is 1.00. The lowest BCUT2D eigenvalue weighted by atomic mass is 10.4. The molecule has 7 heteroatoms. The normalized spacial score (nSPS) is 9.87. The largest absolute Gasteiger partial charge is 0.512 e. The summed E-state index contributed by atoms with van der Waals surface area (Å²) in [6.45, 7) is 0. The van der Waals surface area contributed by atoms with Gasteiger partial charge in [-0.3, -0.25) is 4.98 Å². The lowest BCUT2D eigenvalue weighted by Gasteiger charge is -1.95. The van der Waals surface area contributed by atoms with Crippen LogP contribution in [0, 0.1) is 0 Å². The predicted octanol–water partition coefficient (Wildman–Crippen LogP) is 0.719. The van der Waals surface area contributed by atoms with Crippen LogP contribution in [0.1, 0.15) is 0 Å². The Morgan fingerprint density at radius 3 is 3.07 bits per heavy atom. The first-order chi connectivity index (χ1) is 7.25. The van der Waals surface area contributed by atoms with Crippen LogP contribution in [0.4, 0.5) is 4.79 Å². The van der Waals surface area contributed by atoms with Gasteiger partial charge in [0.2, 0.25) is 0 Å². The van der Waals surface area contributed by atoms with Crippen LogP contribution in [-0.2, 0) is 0 Å². The van der Waals surface area contributed by atoms with Crippen molar-refractivity contribution in [1.29, 1.82) is 0 Å². The summed E-state index contributed by atoms with van der Waals surface area (Å²) in [7, 11) is 0. The van der Waals surface area contributed by atoms with Crippen molar-refractivity contribution in [3.05, 3.63) is 30.7 Å². The van der Waals surface area contributed by atoms with E-state index < -0.39 is 6.16 Å². The van der Waals surface area contributed by atoms with Crippen LogP contribution in [0.5, 0.6) is 5.88 Å². The molecule has 7 nitrogen and oxygen atoms in total. The van der Waals surface area contributed by atoms with Gasteiger partial charge in [0.15, 0.2) is 0 Å². The van der Waals surface area contributed by atoms with E-state index in [2.05, 4.69) is 20.0 Å². The van der Waals surface area contributed by atoms with Gasteiger partial charge >= 0.3 is 6.16 Å². The van der Waals surface area contributed by atoms with Gasteiger partial charge < -0.3 is 9.84 Å². The van der Waals surface area contributed by atoms with Crippen molar-refractivity contribution in [2.45, 2.75) is 0 Å². The van der Waals surface area contributed by atoms with Crippen LogP contribution < -0.4 is 4.74 Å². The minimum absolute atomic E-state index is 0.0775. The van der Waals surface area contributed by atoms with Crippen molar-refractivity contribution >= 4 is 6.16 Å². The third-order valence-corrected chi connectivity index (χ3v) is 1.57. The highest BCUT2D eigenvalue weighted by atomic mass is 16.7. The summed E-state index contributed by atoms with van der Waals surface area (Å²) in [5, 5.41) is 15.5. The van der Waals surface area contributed by atoms with E-state index in [4.69, 9.17) is 5.11 Å². The molecular weight excluding hydrogens is 200 g/mol. The van der Waals surface area contributed by atoms with Gasteiger partial charge in [0.25, 0.3) is 5.88 Å². The molecule has 0 bridgehead atoms. The number of rotatable bonds is 2. The molecule has 0 aliphatic heterocycles. The van der Waals surface area contributed by atoms with E-state index in [1.807, 2.05) is 0 Å². The van der Waals surface area contributed by atoms with Crippen molar-refractivity contribution < 1.29 is 14.6 Å². The second-order valence-corrected chi connectivity index (χ2v) is 2.58. The van der Waals surface area contributed by atoms with Crippen molar-refractivity contribution in [3.63, 3.8) is 0 Å². The molecule has 0 saturated carbocycles. The zero-order chi connectivity index (χ0) is 10.7. The van der Waals surface area contributed by atoms with E-state index in [0.29, 0.717) is 5.69 Å². The maximum Gasteiger partial charge on any atom is 0.512 e. The van der Waals surface area contributed by atoms with E-state index in [1.165, 1.54) is 10.9 Å². The number of nitrogens with zero attached hydrogens (tertiary/aromatic N) is 4. The third-order valence-electron chi connectivity index (χ3n) is 1.57. The average molecular weight is 206 g/mol. The number of ether oxygens (including phenoxy) is 1. The maximum atomic E-state index is 10.2. The molecule has 76 valence electrons. The van der Waals surface area contributed by atoms with Crippen LogP contribution in [0.2, 0.25) is 0 Å². The van der Waals surface area contributed by atoms with Gasteiger partial charge in [-0.25, -0.2) is 9.48 Å². The second kappa shape index (κ2) is 3.74. The standard InChI is InChI=1S/C8H6N4O3/c13-8(14)15-7-5-12(11-10-7)6-2-1-3-9-4-6/h1-5H,(H,13,14). The highest BCUT2D eigenvalue weighted by Crippen LogP contribution is 2.08. The first-order valence-electron chi connectivity index (χ1n) is 3.99. The van der Waals surface area contributed by atoms with Crippen molar-refractivity contribution in [2.75, 3.05) is 0 Å². The first kappa shape index (κ1) is 9.13. The van der Waals surface area contributed by atoms with E-state index in [9.17, 15) is 4.79 Å². The molecule has 2 aromatic heterocycles. The Morgan fingerprint density at radius 1 is 1.53 bits per heavy atom. The Kier molecular flexibility index (Phi) is 2.28. The molecule has 15 heavy (non-hydrogen) atoms. The van der Waals surface area contributed by atoms with Crippen molar-refractivity contribution in [3.8, 4) is 11.6 Å². The number of aromatic nitrogens is 4. The first-order valence-corrected chi connectivity index (χ1v) is 3.99. The molecule has 0 aliphatic rings. The van der Waals surface area contributed by atoms with Crippen LogP contribution in [-0.4, -0.2) is 31.2 Å². The number of hydrogen-bond acceptors (Lipinski definition) is 5. The topological polar surface area (TPSA) is 90.1 Å². The SMILES string of the molecule is O=C(O)Oc1cn(-c2cccnc2)nn1.